The number of alkyl carbamates (subject to hydrolysis) is 1. The number of aliphatic carboxylic acids is 1. The largest absolute Gasteiger partial charge is 0.481 e. The van der Waals surface area contributed by atoms with Crippen molar-refractivity contribution in [2.24, 2.45) is 5.41 Å². The molecule has 0 heterocycles. The summed E-state index contributed by atoms with van der Waals surface area (Å²) in [6, 6.07) is 15.3. The van der Waals surface area contributed by atoms with Crippen molar-refractivity contribution in [2.75, 3.05) is 13.2 Å². The molecule has 1 saturated carbocycles. The lowest BCUT2D eigenvalue weighted by atomic mass is 9.69. The van der Waals surface area contributed by atoms with Crippen molar-refractivity contribution in [3.63, 3.8) is 0 Å². The first-order valence-electron chi connectivity index (χ1n) is 11.7. The van der Waals surface area contributed by atoms with Gasteiger partial charge in [0.2, 0.25) is 5.91 Å². The molecule has 2 aliphatic carbocycles. The van der Waals surface area contributed by atoms with E-state index in [9.17, 15) is 19.5 Å². The second-order valence-electron chi connectivity index (χ2n) is 9.05. The highest BCUT2D eigenvalue weighted by molar-refractivity contribution is 5.86. The maximum absolute atomic E-state index is 12.8. The van der Waals surface area contributed by atoms with Gasteiger partial charge in [-0.05, 0) is 47.9 Å². The normalized spacial score (nSPS) is 16.4. The van der Waals surface area contributed by atoms with E-state index >= 15 is 0 Å². The molecule has 178 valence electrons. The fourth-order valence-corrected chi connectivity index (χ4v) is 4.78. The predicted octanol–water partition coefficient (Wildman–Crippen LogP) is 4.23. The zero-order chi connectivity index (χ0) is 24.1. The first-order chi connectivity index (χ1) is 16.4. The van der Waals surface area contributed by atoms with E-state index in [2.05, 4.69) is 29.3 Å². The van der Waals surface area contributed by atoms with Crippen molar-refractivity contribution in [2.45, 2.75) is 44.1 Å². The van der Waals surface area contributed by atoms with Gasteiger partial charge in [0.1, 0.15) is 12.6 Å². The quantitative estimate of drug-likeness (QED) is 0.458. The summed E-state index contributed by atoms with van der Waals surface area (Å²) in [6.45, 7) is 3.88. The van der Waals surface area contributed by atoms with E-state index in [1.807, 2.05) is 36.4 Å². The third-order valence-electron chi connectivity index (χ3n) is 6.98. The molecule has 0 spiro atoms. The third kappa shape index (κ3) is 4.69. The van der Waals surface area contributed by atoms with E-state index in [1.54, 1.807) is 6.08 Å². The Hall–Kier alpha value is -3.61. The Balaban J connectivity index is 1.37. The molecule has 7 nitrogen and oxygen atoms in total. The molecule has 0 radical (unpaired) electrons. The number of fused-ring (bicyclic) bond motifs is 3. The molecule has 34 heavy (non-hydrogen) atoms. The summed E-state index contributed by atoms with van der Waals surface area (Å²) in [7, 11) is 0. The van der Waals surface area contributed by atoms with Crippen molar-refractivity contribution < 1.29 is 24.2 Å². The van der Waals surface area contributed by atoms with Crippen LogP contribution < -0.4 is 10.6 Å². The van der Waals surface area contributed by atoms with Crippen LogP contribution in [0.4, 0.5) is 4.79 Å². The lowest BCUT2D eigenvalue weighted by Crippen LogP contribution is -2.52. The summed E-state index contributed by atoms with van der Waals surface area (Å²) >= 11 is 0. The molecular weight excluding hydrogens is 432 g/mol. The second kappa shape index (κ2) is 10.1. The average molecular weight is 463 g/mol. The Morgan fingerprint density at radius 2 is 1.71 bits per heavy atom. The Morgan fingerprint density at radius 3 is 2.24 bits per heavy atom. The molecule has 0 aromatic heterocycles. The molecule has 1 atom stereocenters. The number of benzene rings is 2. The van der Waals surface area contributed by atoms with E-state index in [-0.39, 0.29) is 19.1 Å². The molecule has 7 heteroatoms. The summed E-state index contributed by atoms with van der Waals surface area (Å²) in [5.74, 6) is -1.39. The molecule has 0 saturated heterocycles. The fourth-order valence-electron chi connectivity index (χ4n) is 4.78. The number of nitrogens with one attached hydrogen (secondary N) is 2. The molecule has 4 rings (SSSR count). The van der Waals surface area contributed by atoms with Crippen LogP contribution in [0.3, 0.4) is 0 Å². The predicted molar refractivity (Wildman–Crippen MR) is 128 cm³/mol. The van der Waals surface area contributed by atoms with E-state index in [0.29, 0.717) is 25.7 Å². The molecule has 2 aliphatic rings. The number of allylic oxidation sites excluding steroid dienone is 1. The summed E-state index contributed by atoms with van der Waals surface area (Å²) in [5, 5.41) is 14.9. The number of ether oxygens (including phenoxy) is 1. The molecule has 1 unspecified atom stereocenters. The van der Waals surface area contributed by atoms with Gasteiger partial charge in [-0.25, -0.2) is 4.79 Å². The Labute approximate surface area is 199 Å². The number of amides is 2. The topological polar surface area (TPSA) is 105 Å². The van der Waals surface area contributed by atoms with Gasteiger partial charge in [0.05, 0.1) is 5.41 Å². The molecule has 2 aromatic carbocycles. The second-order valence-corrected chi connectivity index (χ2v) is 9.05. The fraction of sp³-hybridized carbons (Fsp3) is 0.370. The third-order valence-corrected chi connectivity index (χ3v) is 6.98. The van der Waals surface area contributed by atoms with Crippen molar-refractivity contribution in [3.05, 3.63) is 72.3 Å². The number of carbonyl (C=O) groups is 3. The Bertz CT molecular complexity index is 1050. The average Bonchev–Trinajstić information content (AvgIpc) is 3.13. The summed E-state index contributed by atoms with van der Waals surface area (Å²) in [4.78, 5) is 37.0. The highest BCUT2D eigenvalue weighted by atomic mass is 16.5. The van der Waals surface area contributed by atoms with Crippen LogP contribution in [0.1, 0.15) is 49.1 Å². The summed E-state index contributed by atoms with van der Waals surface area (Å²) in [6.07, 6.45) is 3.78. The van der Waals surface area contributed by atoms with E-state index in [4.69, 9.17) is 4.74 Å². The lowest BCUT2D eigenvalue weighted by molar-refractivity contribution is -0.154. The maximum atomic E-state index is 12.8. The molecule has 0 bridgehead atoms. The number of hydrogen-bond donors (Lipinski definition) is 3. The minimum atomic E-state index is -0.900. The van der Waals surface area contributed by atoms with Crippen LogP contribution >= 0.6 is 0 Å². The van der Waals surface area contributed by atoms with Crippen molar-refractivity contribution in [1.82, 2.24) is 10.6 Å². The smallest absolute Gasteiger partial charge is 0.407 e. The van der Waals surface area contributed by atoms with Crippen molar-refractivity contribution in [3.8, 4) is 11.1 Å². The van der Waals surface area contributed by atoms with Crippen molar-refractivity contribution in [1.29, 1.82) is 0 Å². The number of carboxylic acids is 1. The first-order valence-corrected chi connectivity index (χ1v) is 11.7. The minimum Gasteiger partial charge on any atom is -0.481 e. The highest BCUT2D eigenvalue weighted by Gasteiger charge is 2.44. The lowest BCUT2D eigenvalue weighted by Gasteiger charge is -2.37. The van der Waals surface area contributed by atoms with E-state index in [0.717, 1.165) is 28.7 Å². The molecule has 2 aromatic rings. The van der Waals surface area contributed by atoms with Crippen LogP contribution in [-0.2, 0) is 14.3 Å². The monoisotopic (exact) mass is 462 g/mol. The van der Waals surface area contributed by atoms with Gasteiger partial charge in [-0.1, -0.05) is 61.0 Å². The van der Waals surface area contributed by atoms with Gasteiger partial charge >= 0.3 is 12.1 Å². The van der Waals surface area contributed by atoms with E-state index in [1.165, 1.54) is 0 Å². The highest BCUT2D eigenvalue weighted by Crippen LogP contribution is 2.44. The molecule has 3 N–H and O–H groups in total. The summed E-state index contributed by atoms with van der Waals surface area (Å²) < 4.78 is 5.57. The zero-order valence-electron chi connectivity index (χ0n) is 19.1. The van der Waals surface area contributed by atoms with Crippen LogP contribution in [0, 0.1) is 5.41 Å². The van der Waals surface area contributed by atoms with Crippen LogP contribution in [0.25, 0.3) is 11.1 Å². The Kier molecular flexibility index (Phi) is 7.01. The number of hydrogen-bond acceptors (Lipinski definition) is 4. The van der Waals surface area contributed by atoms with Gasteiger partial charge in [0.15, 0.2) is 0 Å². The molecule has 0 aliphatic heterocycles. The number of carbonyl (C=O) groups excluding carboxylic acids is 2. The molecule has 2 amide bonds. The van der Waals surface area contributed by atoms with Gasteiger partial charge in [-0.15, -0.1) is 6.58 Å². The van der Waals surface area contributed by atoms with Gasteiger partial charge in [0, 0.05) is 12.5 Å². The molecule has 1 fully saturated rings. The van der Waals surface area contributed by atoms with Gasteiger partial charge in [-0.2, -0.15) is 0 Å². The van der Waals surface area contributed by atoms with Crippen LogP contribution in [-0.4, -0.2) is 42.3 Å². The van der Waals surface area contributed by atoms with Gasteiger partial charge < -0.3 is 20.5 Å². The minimum absolute atomic E-state index is 0.0537. The van der Waals surface area contributed by atoms with Crippen LogP contribution in [0.15, 0.2) is 61.2 Å². The first kappa shape index (κ1) is 23.5. The maximum Gasteiger partial charge on any atom is 0.407 e. The Morgan fingerprint density at radius 1 is 1.09 bits per heavy atom. The van der Waals surface area contributed by atoms with Crippen LogP contribution in [0.2, 0.25) is 0 Å². The van der Waals surface area contributed by atoms with Crippen molar-refractivity contribution >= 4 is 18.0 Å². The van der Waals surface area contributed by atoms with Crippen LogP contribution in [0.5, 0.6) is 0 Å². The van der Waals surface area contributed by atoms with Gasteiger partial charge in [0.25, 0.3) is 0 Å². The van der Waals surface area contributed by atoms with E-state index < -0.39 is 29.4 Å². The summed E-state index contributed by atoms with van der Waals surface area (Å²) in [5.41, 5.74) is 3.59. The van der Waals surface area contributed by atoms with Gasteiger partial charge in [-0.3, -0.25) is 9.59 Å². The SMILES string of the molecule is C=CCCC(NC(=O)OCC1c2ccccc2-c2ccccc21)C(=O)NCC1(C(=O)O)CCC1. The number of carboxylic acid groups (broad SMARTS) is 1. The standard InChI is InChI=1S/C27H30N2O5/c1-2-3-13-23(24(30)28-17-27(25(31)32)14-8-15-27)29-26(33)34-16-22-20-11-6-4-9-18(20)19-10-5-7-12-21(19)22/h2,4-7,9-12,22-23H,1,3,8,13-17H2,(H,28,30)(H,29,33)(H,31,32). The zero-order valence-corrected chi connectivity index (χ0v) is 19.1. The molecular formula is C27H30N2O5. The number of rotatable bonds is 10.